The summed E-state index contributed by atoms with van der Waals surface area (Å²) in [6.07, 6.45) is 2.40. The number of halogens is 2. The van der Waals surface area contributed by atoms with E-state index in [1.807, 2.05) is 37.4 Å². The molecule has 1 saturated heterocycles. The van der Waals surface area contributed by atoms with Crippen LogP contribution in [-0.4, -0.2) is 53.4 Å². The molecular weight excluding hydrogens is 533 g/mol. The summed E-state index contributed by atoms with van der Waals surface area (Å²) in [5.41, 5.74) is 3.20. The molecule has 0 spiro atoms. The molecule has 0 radical (unpaired) electrons. The van der Waals surface area contributed by atoms with Gasteiger partial charge in [0.2, 0.25) is 5.91 Å². The number of likely N-dealkylation sites (tertiary alicyclic amines) is 1. The summed E-state index contributed by atoms with van der Waals surface area (Å²) in [6.45, 7) is 4.05. The first-order valence-electron chi connectivity index (χ1n) is 13.3. The van der Waals surface area contributed by atoms with E-state index in [1.165, 1.54) is 0 Å². The zero-order chi connectivity index (χ0) is 27.7. The smallest absolute Gasteiger partial charge is 0.254 e. The van der Waals surface area contributed by atoms with Crippen LogP contribution < -0.4 is 5.32 Å². The second-order valence-electron chi connectivity index (χ2n) is 10.7. The molecule has 2 N–H and O–H groups in total. The minimum absolute atomic E-state index is 0.0251. The summed E-state index contributed by atoms with van der Waals surface area (Å²) < 4.78 is 0. The second-order valence-corrected chi connectivity index (χ2v) is 11.5. The maximum atomic E-state index is 13.1. The van der Waals surface area contributed by atoms with Crippen molar-refractivity contribution in [2.75, 3.05) is 26.7 Å². The Balaban J connectivity index is 1.39. The molecule has 3 aromatic carbocycles. The van der Waals surface area contributed by atoms with Crippen LogP contribution in [0.1, 0.15) is 65.2 Å². The van der Waals surface area contributed by atoms with Crippen molar-refractivity contribution < 1.29 is 14.7 Å². The number of aromatic hydroxyl groups is 1. The standard InChI is InChI=1S/C31H33Cl2N3O3/c1-20(37)34-31(22-6-4-3-5-7-22)13-16-36(17-14-31)15-12-24(21-8-11-27(32)28(33)18-21)29-26-19-23(38)9-10-25(26)30(39)35(29)2/h3-11,18-19,24,29,38H,12-17H2,1-2H3,(H,34,37). The highest BCUT2D eigenvalue weighted by Crippen LogP contribution is 2.46. The fourth-order valence-corrected chi connectivity index (χ4v) is 6.62. The highest BCUT2D eigenvalue weighted by atomic mass is 35.5. The SMILES string of the molecule is CC(=O)NC1(c2ccccc2)CCN(CCC(c2ccc(Cl)c(Cl)c2)C2c3cc(O)ccc3C(=O)N2C)CC1. The molecule has 3 aromatic rings. The van der Waals surface area contributed by atoms with Crippen LogP contribution in [0.3, 0.4) is 0 Å². The number of piperidine rings is 1. The molecule has 204 valence electrons. The van der Waals surface area contributed by atoms with Crippen LogP contribution in [0.25, 0.3) is 0 Å². The van der Waals surface area contributed by atoms with E-state index in [-0.39, 0.29) is 35.1 Å². The quantitative estimate of drug-likeness (QED) is 0.361. The number of phenolic OH excluding ortho intramolecular Hbond substituents is 1. The van der Waals surface area contributed by atoms with Crippen molar-refractivity contribution in [2.24, 2.45) is 0 Å². The van der Waals surface area contributed by atoms with E-state index in [9.17, 15) is 14.7 Å². The molecule has 2 heterocycles. The predicted molar refractivity (Wildman–Crippen MR) is 154 cm³/mol. The maximum Gasteiger partial charge on any atom is 0.254 e. The first-order valence-corrected chi connectivity index (χ1v) is 14.1. The van der Waals surface area contributed by atoms with Gasteiger partial charge in [0.05, 0.1) is 21.6 Å². The molecule has 0 aliphatic carbocycles. The van der Waals surface area contributed by atoms with E-state index in [1.54, 1.807) is 36.1 Å². The van der Waals surface area contributed by atoms with E-state index in [0.29, 0.717) is 15.6 Å². The number of likely N-dealkylation sites (N-methyl/N-ethyl adjacent to an activating group) is 1. The van der Waals surface area contributed by atoms with Gasteiger partial charge in [0, 0.05) is 38.5 Å². The summed E-state index contributed by atoms with van der Waals surface area (Å²) in [4.78, 5) is 29.4. The zero-order valence-electron chi connectivity index (χ0n) is 22.2. The Morgan fingerprint density at radius 3 is 2.44 bits per heavy atom. The lowest BCUT2D eigenvalue weighted by molar-refractivity contribution is -0.121. The Kier molecular flexibility index (Phi) is 7.90. The lowest BCUT2D eigenvalue weighted by atomic mass is 9.80. The number of nitrogens with one attached hydrogen (secondary N) is 1. The lowest BCUT2D eigenvalue weighted by Gasteiger charge is -2.43. The number of rotatable bonds is 7. The van der Waals surface area contributed by atoms with Gasteiger partial charge in [-0.25, -0.2) is 0 Å². The average molecular weight is 567 g/mol. The van der Waals surface area contributed by atoms with Crippen LogP contribution in [0.4, 0.5) is 0 Å². The van der Waals surface area contributed by atoms with Gasteiger partial charge < -0.3 is 20.2 Å². The molecule has 2 aliphatic rings. The first kappa shape index (κ1) is 27.5. The Morgan fingerprint density at radius 2 is 1.77 bits per heavy atom. The molecule has 0 bridgehead atoms. The van der Waals surface area contributed by atoms with Gasteiger partial charge >= 0.3 is 0 Å². The summed E-state index contributed by atoms with van der Waals surface area (Å²) in [5, 5.41) is 14.5. The second kappa shape index (κ2) is 11.2. The monoisotopic (exact) mass is 565 g/mol. The third-order valence-corrected chi connectivity index (χ3v) is 9.02. The fraction of sp³-hybridized carbons (Fsp3) is 0.355. The normalized spacial score (nSPS) is 19.5. The minimum Gasteiger partial charge on any atom is -0.508 e. The number of amides is 2. The van der Waals surface area contributed by atoms with Crippen LogP contribution in [0.5, 0.6) is 5.75 Å². The van der Waals surface area contributed by atoms with E-state index >= 15 is 0 Å². The van der Waals surface area contributed by atoms with Gasteiger partial charge in [-0.1, -0.05) is 59.6 Å². The van der Waals surface area contributed by atoms with Gasteiger partial charge in [-0.3, -0.25) is 9.59 Å². The van der Waals surface area contributed by atoms with Crippen molar-refractivity contribution in [3.63, 3.8) is 0 Å². The van der Waals surface area contributed by atoms with Gasteiger partial charge in [-0.2, -0.15) is 0 Å². The Morgan fingerprint density at radius 1 is 1.05 bits per heavy atom. The third kappa shape index (κ3) is 5.51. The van der Waals surface area contributed by atoms with Gasteiger partial charge in [-0.05, 0) is 72.8 Å². The van der Waals surface area contributed by atoms with Crippen molar-refractivity contribution in [1.82, 2.24) is 15.1 Å². The largest absolute Gasteiger partial charge is 0.508 e. The molecular formula is C31H33Cl2N3O3. The molecule has 2 aliphatic heterocycles. The van der Waals surface area contributed by atoms with Crippen LogP contribution >= 0.6 is 23.2 Å². The van der Waals surface area contributed by atoms with Crippen molar-refractivity contribution >= 4 is 35.0 Å². The molecule has 6 nitrogen and oxygen atoms in total. The summed E-state index contributed by atoms with van der Waals surface area (Å²) in [7, 11) is 1.82. The summed E-state index contributed by atoms with van der Waals surface area (Å²) in [5.74, 6) is -0.00210. The highest BCUT2D eigenvalue weighted by Gasteiger charge is 2.41. The van der Waals surface area contributed by atoms with E-state index < -0.39 is 0 Å². The molecule has 0 aromatic heterocycles. The Bertz CT molecular complexity index is 1370. The Hall–Kier alpha value is -3.06. The number of hydrogen-bond donors (Lipinski definition) is 2. The first-order chi connectivity index (χ1) is 18.7. The van der Waals surface area contributed by atoms with Gasteiger partial charge in [0.25, 0.3) is 5.91 Å². The number of carbonyl (C=O) groups is 2. The van der Waals surface area contributed by atoms with Gasteiger partial charge in [-0.15, -0.1) is 0 Å². The van der Waals surface area contributed by atoms with Crippen LogP contribution in [0.2, 0.25) is 10.0 Å². The molecule has 39 heavy (non-hydrogen) atoms. The van der Waals surface area contributed by atoms with Gasteiger partial charge in [0.15, 0.2) is 0 Å². The summed E-state index contributed by atoms with van der Waals surface area (Å²) >= 11 is 12.7. The topological polar surface area (TPSA) is 72.9 Å². The van der Waals surface area contributed by atoms with E-state index in [0.717, 1.165) is 55.6 Å². The van der Waals surface area contributed by atoms with Crippen LogP contribution in [0.15, 0.2) is 66.7 Å². The molecule has 2 atom stereocenters. The average Bonchev–Trinajstić information content (AvgIpc) is 3.16. The number of carbonyl (C=O) groups excluding carboxylic acids is 2. The fourth-order valence-electron chi connectivity index (χ4n) is 6.31. The molecule has 1 fully saturated rings. The summed E-state index contributed by atoms with van der Waals surface area (Å²) in [6, 6.07) is 20.6. The molecule has 0 saturated carbocycles. The van der Waals surface area contributed by atoms with Crippen LogP contribution in [-0.2, 0) is 10.3 Å². The minimum atomic E-state index is -0.374. The molecule has 2 amide bonds. The van der Waals surface area contributed by atoms with Crippen molar-refractivity contribution in [1.29, 1.82) is 0 Å². The molecule has 5 rings (SSSR count). The third-order valence-electron chi connectivity index (χ3n) is 8.28. The van der Waals surface area contributed by atoms with E-state index in [4.69, 9.17) is 23.2 Å². The maximum absolute atomic E-state index is 13.1. The predicted octanol–water partition coefficient (Wildman–Crippen LogP) is 6.13. The number of fused-ring (bicyclic) bond motifs is 1. The number of nitrogens with zero attached hydrogens (tertiary/aromatic N) is 2. The van der Waals surface area contributed by atoms with Crippen LogP contribution in [0, 0.1) is 0 Å². The van der Waals surface area contributed by atoms with E-state index in [2.05, 4.69) is 22.3 Å². The van der Waals surface area contributed by atoms with Crippen molar-refractivity contribution in [3.05, 3.63) is 99.0 Å². The number of hydrogen-bond acceptors (Lipinski definition) is 4. The lowest BCUT2D eigenvalue weighted by Crippen LogP contribution is -2.52. The van der Waals surface area contributed by atoms with Crippen molar-refractivity contribution in [3.8, 4) is 5.75 Å². The van der Waals surface area contributed by atoms with Gasteiger partial charge in [0.1, 0.15) is 5.75 Å². The number of phenols is 1. The van der Waals surface area contributed by atoms with Crippen molar-refractivity contribution in [2.45, 2.75) is 43.7 Å². The molecule has 2 unspecified atom stereocenters. The Labute approximate surface area is 239 Å². The zero-order valence-corrected chi connectivity index (χ0v) is 23.7. The number of benzene rings is 3. The molecule has 8 heteroatoms. The highest BCUT2D eigenvalue weighted by molar-refractivity contribution is 6.42.